The molecule has 80 valence electrons. The van der Waals surface area contributed by atoms with Crippen LogP contribution in [0.1, 0.15) is 24.0 Å². The molecule has 0 unspecified atom stereocenters. The molecule has 1 aliphatic carbocycles. The molecule has 1 fully saturated rings. The number of halogens is 1. The molecule has 0 heterocycles. The zero-order chi connectivity index (χ0) is 10.8. The van der Waals surface area contributed by atoms with Crippen LogP contribution in [0.5, 0.6) is 0 Å². The van der Waals surface area contributed by atoms with Crippen LogP contribution >= 0.6 is 11.6 Å². The number of amides is 1. The Labute approximate surface area is 94.6 Å². The maximum Gasteiger partial charge on any atom is 0.223 e. The Bertz CT molecular complexity index is 385. The molecule has 2 nitrogen and oxygen atoms in total. The topological polar surface area (TPSA) is 29.1 Å². The van der Waals surface area contributed by atoms with E-state index in [4.69, 9.17) is 11.6 Å². The summed E-state index contributed by atoms with van der Waals surface area (Å²) in [7, 11) is 0. The minimum atomic E-state index is 0.160. The lowest BCUT2D eigenvalue weighted by molar-refractivity contribution is -0.122. The first-order valence-electron chi connectivity index (χ1n) is 5.20. The summed E-state index contributed by atoms with van der Waals surface area (Å²) in [4.78, 5) is 11.4. The second kappa shape index (κ2) is 4.23. The van der Waals surface area contributed by atoms with Gasteiger partial charge in [0.25, 0.3) is 0 Å². The molecule has 1 amide bonds. The minimum Gasteiger partial charge on any atom is -0.352 e. The first-order chi connectivity index (χ1) is 7.18. The third kappa shape index (κ3) is 2.51. The summed E-state index contributed by atoms with van der Waals surface area (Å²) in [5.74, 6) is 0.418. The average molecular weight is 224 g/mol. The molecule has 0 aromatic heterocycles. The van der Waals surface area contributed by atoms with Crippen LogP contribution in [-0.4, -0.2) is 5.91 Å². The summed E-state index contributed by atoms with van der Waals surface area (Å²) < 4.78 is 0. The van der Waals surface area contributed by atoms with Gasteiger partial charge in [0.1, 0.15) is 0 Å². The Morgan fingerprint density at radius 3 is 2.93 bits per heavy atom. The molecule has 1 aromatic carbocycles. The molecule has 0 aliphatic heterocycles. The summed E-state index contributed by atoms with van der Waals surface area (Å²) in [5, 5.41) is 3.66. The Hall–Kier alpha value is -1.02. The monoisotopic (exact) mass is 223 g/mol. The quantitative estimate of drug-likeness (QED) is 0.839. The van der Waals surface area contributed by atoms with E-state index in [2.05, 4.69) is 5.32 Å². The summed E-state index contributed by atoms with van der Waals surface area (Å²) in [6.07, 6.45) is 2.07. The first kappa shape index (κ1) is 10.5. The molecular weight excluding hydrogens is 210 g/mol. The van der Waals surface area contributed by atoms with E-state index in [9.17, 15) is 4.79 Å². The van der Waals surface area contributed by atoms with Crippen LogP contribution in [0.25, 0.3) is 0 Å². The first-order valence-corrected chi connectivity index (χ1v) is 5.58. The zero-order valence-corrected chi connectivity index (χ0v) is 9.47. The molecule has 0 spiro atoms. The number of hydrogen-bond acceptors (Lipinski definition) is 1. The molecule has 0 bridgehead atoms. The van der Waals surface area contributed by atoms with E-state index in [1.165, 1.54) is 0 Å². The van der Waals surface area contributed by atoms with Crippen molar-refractivity contribution >= 4 is 17.5 Å². The number of carbonyl (C=O) groups excluding carboxylic acids is 1. The molecule has 0 radical (unpaired) electrons. The lowest BCUT2D eigenvalue weighted by Gasteiger charge is -2.07. The van der Waals surface area contributed by atoms with E-state index in [0.717, 1.165) is 29.0 Å². The van der Waals surface area contributed by atoms with Crippen molar-refractivity contribution in [2.45, 2.75) is 26.3 Å². The number of rotatable bonds is 3. The van der Waals surface area contributed by atoms with Crippen molar-refractivity contribution in [2.75, 3.05) is 0 Å². The second-order valence-electron chi connectivity index (χ2n) is 4.04. The highest BCUT2D eigenvalue weighted by molar-refractivity contribution is 6.32. The van der Waals surface area contributed by atoms with Crippen molar-refractivity contribution in [3.05, 3.63) is 34.3 Å². The Morgan fingerprint density at radius 1 is 1.53 bits per heavy atom. The van der Waals surface area contributed by atoms with Gasteiger partial charge in [0.15, 0.2) is 0 Å². The largest absolute Gasteiger partial charge is 0.352 e. The van der Waals surface area contributed by atoms with Crippen LogP contribution in [0, 0.1) is 12.8 Å². The highest BCUT2D eigenvalue weighted by atomic mass is 35.5. The van der Waals surface area contributed by atoms with Crippen molar-refractivity contribution in [3.8, 4) is 0 Å². The van der Waals surface area contributed by atoms with Gasteiger partial charge in [-0.15, -0.1) is 0 Å². The van der Waals surface area contributed by atoms with E-state index in [1.807, 2.05) is 25.1 Å². The molecule has 3 heteroatoms. The minimum absolute atomic E-state index is 0.160. The third-order valence-electron chi connectivity index (χ3n) is 2.67. The number of aryl methyl sites for hydroxylation is 1. The van der Waals surface area contributed by atoms with Gasteiger partial charge in [-0.25, -0.2) is 0 Å². The van der Waals surface area contributed by atoms with Crippen LogP contribution in [-0.2, 0) is 11.3 Å². The van der Waals surface area contributed by atoms with E-state index in [-0.39, 0.29) is 11.8 Å². The van der Waals surface area contributed by atoms with E-state index in [1.54, 1.807) is 0 Å². The van der Waals surface area contributed by atoms with Crippen LogP contribution in [0.3, 0.4) is 0 Å². The smallest absolute Gasteiger partial charge is 0.223 e. The molecule has 0 atom stereocenters. The lowest BCUT2D eigenvalue weighted by Crippen LogP contribution is -2.24. The maximum absolute atomic E-state index is 11.4. The number of carbonyl (C=O) groups is 1. The fourth-order valence-corrected chi connectivity index (χ4v) is 1.71. The highest BCUT2D eigenvalue weighted by Gasteiger charge is 2.29. The fourth-order valence-electron chi connectivity index (χ4n) is 1.52. The van der Waals surface area contributed by atoms with Crippen molar-refractivity contribution in [1.29, 1.82) is 0 Å². The van der Waals surface area contributed by atoms with Gasteiger partial charge in [-0.3, -0.25) is 4.79 Å². The number of benzene rings is 1. The van der Waals surface area contributed by atoms with Gasteiger partial charge in [-0.2, -0.15) is 0 Å². The van der Waals surface area contributed by atoms with E-state index in [0.29, 0.717) is 6.54 Å². The van der Waals surface area contributed by atoms with Gasteiger partial charge in [0, 0.05) is 17.5 Å². The summed E-state index contributed by atoms with van der Waals surface area (Å²) in [6, 6.07) is 5.87. The van der Waals surface area contributed by atoms with Gasteiger partial charge in [0.05, 0.1) is 0 Å². The molecule has 1 N–H and O–H groups in total. The summed E-state index contributed by atoms with van der Waals surface area (Å²) in [6.45, 7) is 2.50. The predicted octanol–water partition coefficient (Wildman–Crippen LogP) is 2.67. The van der Waals surface area contributed by atoms with Gasteiger partial charge in [-0.1, -0.05) is 29.8 Å². The van der Waals surface area contributed by atoms with Crippen molar-refractivity contribution in [3.63, 3.8) is 0 Å². The van der Waals surface area contributed by atoms with Crippen molar-refractivity contribution in [1.82, 2.24) is 5.32 Å². The normalized spacial score (nSPS) is 15.1. The van der Waals surface area contributed by atoms with Crippen molar-refractivity contribution in [2.24, 2.45) is 5.92 Å². The van der Waals surface area contributed by atoms with E-state index < -0.39 is 0 Å². The lowest BCUT2D eigenvalue weighted by atomic mass is 10.1. The summed E-state index contributed by atoms with van der Waals surface area (Å²) in [5.41, 5.74) is 2.04. The fraction of sp³-hybridized carbons (Fsp3) is 0.417. The van der Waals surface area contributed by atoms with Gasteiger partial charge in [-0.05, 0) is 30.9 Å². The zero-order valence-electron chi connectivity index (χ0n) is 8.72. The van der Waals surface area contributed by atoms with Crippen molar-refractivity contribution < 1.29 is 4.79 Å². The standard InChI is InChI=1S/C12H14ClNO/c1-8-3-2-4-10(11(8)13)7-14-12(15)9-5-6-9/h2-4,9H,5-7H2,1H3,(H,14,15). The van der Waals surface area contributed by atoms with Gasteiger partial charge < -0.3 is 5.32 Å². The van der Waals surface area contributed by atoms with Crippen LogP contribution < -0.4 is 5.32 Å². The molecule has 2 rings (SSSR count). The Kier molecular flexibility index (Phi) is 2.96. The van der Waals surface area contributed by atoms with Crippen LogP contribution in [0.15, 0.2) is 18.2 Å². The summed E-state index contributed by atoms with van der Waals surface area (Å²) >= 11 is 6.12. The molecule has 1 aliphatic rings. The SMILES string of the molecule is Cc1cccc(CNC(=O)C2CC2)c1Cl. The number of hydrogen-bond donors (Lipinski definition) is 1. The second-order valence-corrected chi connectivity index (χ2v) is 4.42. The molecule has 1 saturated carbocycles. The maximum atomic E-state index is 11.4. The third-order valence-corrected chi connectivity index (χ3v) is 3.21. The van der Waals surface area contributed by atoms with Gasteiger partial charge in [0.2, 0.25) is 5.91 Å². The molecule has 1 aromatic rings. The predicted molar refractivity (Wildman–Crippen MR) is 60.8 cm³/mol. The highest BCUT2D eigenvalue weighted by Crippen LogP contribution is 2.29. The van der Waals surface area contributed by atoms with Gasteiger partial charge >= 0.3 is 0 Å². The Balaban J connectivity index is 1.98. The molecular formula is C12H14ClNO. The van der Waals surface area contributed by atoms with Crippen LogP contribution in [0.4, 0.5) is 0 Å². The van der Waals surface area contributed by atoms with Crippen LogP contribution in [0.2, 0.25) is 5.02 Å². The molecule has 0 saturated heterocycles. The van der Waals surface area contributed by atoms with E-state index >= 15 is 0 Å². The average Bonchev–Trinajstić information content (AvgIpc) is 3.03. The molecule has 15 heavy (non-hydrogen) atoms. The Morgan fingerprint density at radius 2 is 2.27 bits per heavy atom. The number of nitrogens with one attached hydrogen (secondary N) is 1.